The highest BCUT2D eigenvalue weighted by Crippen LogP contribution is 2.36. The maximum atomic E-state index is 14.2. The number of hydrogen-bond acceptors (Lipinski definition) is 12. The van der Waals surface area contributed by atoms with Crippen LogP contribution in [0.25, 0.3) is 0 Å². The topological polar surface area (TPSA) is 186 Å². The van der Waals surface area contributed by atoms with E-state index in [1.54, 1.807) is 0 Å². The average molecular weight is 1620 g/mol. The van der Waals surface area contributed by atoms with Crippen LogP contribution in [0.3, 0.4) is 0 Å². The summed E-state index contributed by atoms with van der Waals surface area (Å²) in [5.74, 6) is -0.786. The Morgan fingerprint density at radius 1 is 0.198 bits per heavy atom. The van der Waals surface area contributed by atoms with E-state index < -0.39 is 29.3 Å². The first-order valence-corrected chi connectivity index (χ1v) is 43.5. The second-order valence-corrected chi connectivity index (χ2v) is 32.7. The van der Waals surface area contributed by atoms with Gasteiger partial charge >= 0.3 is 23.9 Å². The van der Waals surface area contributed by atoms with Gasteiger partial charge in [-0.2, -0.15) is 0 Å². The first kappa shape index (κ1) is 88.0. The van der Waals surface area contributed by atoms with Crippen molar-refractivity contribution in [3.05, 3.63) is 402 Å². The lowest BCUT2D eigenvalue weighted by Crippen LogP contribution is -2.44. The van der Waals surface area contributed by atoms with Crippen LogP contribution in [0.1, 0.15) is 214 Å². The van der Waals surface area contributed by atoms with Crippen molar-refractivity contribution in [1.82, 2.24) is 0 Å². The Hall–Kier alpha value is -12.3. The Balaban J connectivity index is 0.723. The fraction of sp³-hybridized carbons (Fsp3) is 0.303. The number of rotatable bonds is 48. The van der Waals surface area contributed by atoms with E-state index in [0.717, 1.165) is 163 Å². The van der Waals surface area contributed by atoms with Gasteiger partial charge in [-0.3, -0.25) is 19.2 Å². The molecule has 0 aliphatic heterocycles. The molecular weight excluding hydrogens is 1500 g/mol. The lowest BCUT2D eigenvalue weighted by atomic mass is 9.92. The first-order valence-electron chi connectivity index (χ1n) is 43.5. The number of aryl methyl sites for hydroxylation is 4. The molecular formula is C109H116O12. The Kier molecular flexibility index (Phi) is 34.1. The fourth-order valence-electron chi connectivity index (χ4n) is 16.1. The maximum Gasteiger partial charge on any atom is 0.305 e. The predicted molar refractivity (Wildman–Crippen MR) is 481 cm³/mol. The van der Waals surface area contributed by atoms with Gasteiger partial charge in [-0.25, -0.2) is 0 Å². The molecule has 0 saturated carbocycles. The summed E-state index contributed by atoms with van der Waals surface area (Å²) in [4.78, 5) is 56.7. The summed E-state index contributed by atoms with van der Waals surface area (Å²) >= 11 is 0. The van der Waals surface area contributed by atoms with Gasteiger partial charge in [0.1, 0.15) is 54.8 Å². The molecule has 12 aromatic carbocycles. The molecule has 0 bridgehead atoms. The summed E-state index contributed by atoms with van der Waals surface area (Å²) in [6.07, 6.45) is 15.8. The molecule has 624 valence electrons. The van der Waals surface area contributed by atoms with E-state index in [9.17, 15) is 39.6 Å². The maximum absolute atomic E-state index is 14.2. The van der Waals surface area contributed by atoms with Crippen molar-refractivity contribution in [1.29, 1.82) is 0 Å². The molecule has 12 rings (SSSR count). The molecule has 12 nitrogen and oxygen atoms in total. The van der Waals surface area contributed by atoms with Crippen LogP contribution in [0.5, 0.6) is 23.0 Å². The van der Waals surface area contributed by atoms with Crippen molar-refractivity contribution < 1.29 is 58.6 Å². The van der Waals surface area contributed by atoms with Gasteiger partial charge in [0.15, 0.2) is 0 Å². The number of carbonyl (C=O) groups is 4. The van der Waals surface area contributed by atoms with E-state index in [1.807, 2.05) is 146 Å². The summed E-state index contributed by atoms with van der Waals surface area (Å²) in [6, 6.07) is 97.8. The number of ether oxygens (including phenoxy) is 4. The lowest BCUT2D eigenvalue weighted by molar-refractivity contribution is -0.170. The van der Waals surface area contributed by atoms with E-state index in [2.05, 4.69) is 146 Å². The normalized spacial score (nSPS) is 11.3. The average Bonchev–Trinajstić information content (AvgIpc) is 0.834. The van der Waals surface area contributed by atoms with E-state index in [0.29, 0.717) is 126 Å². The monoisotopic (exact) mass is 1620 g/mol. The minimum Gasteiger partial charge on any atom is -0.507 e. The molecule has 0 aliphatic rings. The molecule has 4 N–H and O–H groups in total. The van der Waals surface area contributed by atoms with Gasteiger partial charge in [0.2, 0.25) is 0 Å². The van der Waals surface area contributed by atoms with Gasteiger partial charge < -0.3 is 39.4 Å². The van der Waals surface area contributed by atoms with Crippen LogP contribution in [-0.4, -0.2) is 70.7 Å². The standard InChI is InChI=1S/C109H116O12/c110-101(57-33-9-29-53-89-69-93(61-81-37-13-1-14-38-81)105(114)94(70-89)62-82-39-15-2-16-40-82)118-77-109(78-119-102(111)58-34-10-30-54-90-71-95(63-83-41-17-3-18-42-83)106(115)96(72-90)64-84-43-19-4-20-44-84,79-120-103(112)59-35-11-31-55-91-73-97(65-85-45-21-5-22-46-85)107(116)98(74-91)66-86-47-23-6-24-48-86)80-121-104(113)60-36-12-32-56-92-75-99(67-87-49-25-7-26-50-87)108(117)100(76-92)68-88-51-27-8-28-52-88/h1-8,13-28,37-52,69-76,114-117H,9-12,29-36,53-68,77-80H2. The van der Waals surface area contributed by atoms with Gasteiger partial charge in [0.25, 0.3) is 0 Å². The summed E-state index contributed by atoms with van der Waals surface area (Å²) in [5.41, 5.74) is 18.6. The fourth-order valence-corrected chi connectivity index (χ4v) is 16.1. The summed E-state index contributed by atoms with van der Waals surface area (Å²) < 4.78 is 24.7. The number of phenols is 4. The minimum atomic E-state index is -1.49. The Morgan fingerprint density at radius 2 is 0.347 bits per heavy atom. The molecule has 12 heteroatoms. The summed E-state index contributed by atoms with van der Waals surface area (Å²) in [5, 5.41) is 46.6. The third-order valence-corrected chi connectivity index (χ3v) is 22.8. The van der Waals surface area contributed by atoms with Crippen molar-refractivity contribution in [3.63, 3.8) is 0 Å². The van der Waals surface area contributed by atoms with Crippen molar-refractivity contribution in [2.24, 2.45) is 5.41 Å². The number of unbranched alkanes of at least 4 members (excludes halogenated alkanes) is 8. The molecule has 0 aromatic heterocycles. The second kappa shape index (κ2) is 46.9. The molecule has 121 heavy (non-hydrogen) atoms. The van der Waals surface area contributed by atoms with Crippen LogP contribution < -0.4 is 0 Å². The molecule has 0 heterocycles. The molecule has 0 spiro atoms. The molecule has 0 radical (unpaired) electrons. The molecule has 0 aliphatic carbocycles. The van der Waals surface area contributed by atoms with Gasteiger partial charge in [0.05, 0.1) is 0 Å². The number of benzene rings is 12. The van der Waals surface area contributed by atoms with Gasteiger partial charge in [-0.15, -0.1) is 0 Å². The van der Waals surface area contributed by atoms with Gasteiger partial charge in [0, 0.05) is 77.0 Å². The Labute approximate surface area is 715 Å². The third kappa shape index (κ3) is 29.0. The largest absolute Gasteiger partial charge is 0.507 e. The van der Waals surface area contributed by atoms with Crippen molar-refractivity contribution in [2.75, 3.05) is 26.4 Å². The Morgan fingerprint density at radius 3 is 0.496 bits per heavy atom. The molecule has 0 amide bonds. The van der Waals surface area contributed by atoms with Crippen molar-refractivity contribution >= 4 is 23.9 Å². The first-order chi connectivity index (χ1) is 59.2. The van der Waals surface area contributed by atoms with E-state index in [4.69, 9.17) is 18.9 Å². The third-order valence-electron chi connectivity index (χ3n) is 22.8. The number of hydrogen-bond donors (Lipinski definition) is 4. The van der Waals surface area contributed by atoms with Crippen LogP contribution in [0.2, 0.25) is 0 Å². The Bertz CT molecular complexity index is 4290. The minimum absolute atomic E-state index is 0.0794. The van der Waals surface area contributed by atoms with E-state index in [1.165, 1.54) is 0 Å². The highest BCUT2D eigenvalue weighted by molar-refractivity contribution is 5.71. The van der Waals surface area contributed by atoms with Crippen molar-refractivity contribution in [2.45, 2.75) is 180 Å². The highest BCUT2D eigenvalue weighted by atomic mass is 16.6. The van der Waals surface area contributed by atoms with E-state index >= 15 is 0 Å². The van der Waals surface area contributed by atoms with Gasteiger partial charge in [-0.1, -0.05) is 317 Å². The predicted octanol–water partition coefficient (Wildman–Crippen LogP) is 22.9. The smallest absolute Gasteiger partial charge is 0.305 e. The zero-order valence-electron chi connectivity index (χ0n) is 69.9. The summed E-state index contributed by atoms with van der Waals surface area (Å²) in [7, 11) is 0. The van der Waals surface area contributed by atoms with Crippen LogP contribution in [0, 0.1) is 5.41 Å². The van der Waals surface area contributed by atoms with Crippen molar-refractivity contribution in [3.8, 4) is 23.0 Å². The molecule has 0 atom stereocenters. The molecule has 12 aromatic rings. The van der Waals surface area contributed by atoms with Crippen LogP contribution in [-0.2, 0) is 115 Å². The van der Waals surface area contributed by atoms with Crippen LogP contribution >= 0.6 is 0 Å². The number of carbonyl (C=O) groups excluding carboxylic acids is 4. The zero-order chi connectivity index (χ0) is 84.1. The second-order valence-electron chi connectivity index (χ2n) is 32.7. The highest BCUT2D eigenvalue weighted by Gasteiger charge is 2.38. The lowest BCUT2D eigenvalue weighted by Gasteiger charge is -2.31. The SMILES string of the molecule is O=C(CCCCCc1cc(Cc2ccccc2)c(O)c(Cc2ccccc2)c1)OCC(COC(=O)CCCCCc1cc(Cc2ccccc2)c(O)c(Cc2ccccc2)c1)(COC(=O)CCCCCc1cc(Cc2ccccc2)c(O)c(Cc2ccccc2)c1)COC(=O)CCCCCc1cc(Cc2ccccc2)c(O)c(Cc2ccccc2)c1. The van der Waals surface area contributed by atoms with E-state index in [-0.39, 0.29) is 52.1 Å². The van der Waals surface area contributed by atoms with Gasteiger partial charge in [-0.05, 0) is 188 Å². The molecule has 0 saturated heterocycles. The zero-order valence-corrected chi connectivity index (χ0v) is 69.9. The number of aromatic hydroxyl groups is 4. The van der Waals surface area contributed by atoms with Crippen LogP contribution in [0.15, 0.2) is 291 Å². The number of esters is 4. The van der Waals surface area contributed by atoms with Crippen LogP contribution in [0.4, 0.5) is 0 Å². The number of phenolic OH excluding ortho intramolecular Hbond substituents is 4. The quantitative estimate of drug-likeness (QED) is 0.0161. The molecule has 0 unspecified atom stereocenters. The molecule has 0 fully saturated rings. The summed E-state index contributed by atoms with van der Waals surface area (Å²) in [6.45, 7) is -1.49.